The molecule has 1 atom stereocenters. The van der Waals surface area contributed by atoms with Crippen LogP contribution in [0, 0.1) is 0 Å². The van der Waals surface area contributed by atoms with Crippen molar-refractivity contribution in [1.29, 1.82) is 0 Å². The van der Waals surface area contributed by atoms with Crippen molar-refractivity contribution in [2.45, 2.75) is 31.8 Å². The minimum atomic E-state index is 0.147. The van der Waals surface area contributed by atoms with E-state index in [0.717, 1.165) is 44.3 Å². The Morgan fingerprint density at radius 3 is 2.87 bits per heavy atom. The van der Waals surface area contributed by atoms with Gasteiger partial charge in [-0.25, -0.2) is 0 Å². The van der Waals surface area contributed by atoms with Crippen LogP contribution >= 0.6 is 0 Å². The lowest BCUT2D eigenvalue weighted by molar-refractivity contribution is 0.105. The van der Waals surface area contributed by atoms with E-state index in [1.807, 2.05) is 0 Å². The highest BCUT2D eigenvalue weighted by Crippen LogP contribution is 2.27. The van der Waals surface area contributed by atoms with Gasteiger partial charge in [-0.3, -0.25) is 5.10 Å². The predicted molar refractivity (Wildman–Crippen MR) is 55.8 cm³/mol. The molecule has 0 bridgehead atoms. The summed E-state index contributed by atoms with van der Waals surface area (Å²) in [4.78, 5) is 6.74. The summed E-state index contributed by atoms with van der Waals surface area (Å²) in [5, 5.41) is 7.25. The van der Waals surface area contributed by atoms with Gasteiger partial charge < -0.3 is 9.64 Å². The Hall–Kier alpha value is -1.10. The van der Waals surface area contributed by atoms with Gasteiger partial charge in [0.15, 0.2) is 5.82 Å². The second-order valence-corrected chi connectivity index (χ2v) is 4.22. The first-order valence-corrected chi connectivity index (χ1v) is 5.72. The highest BCUT2D eigenvalue weighted by molar-refractivity contribution is 5.30. The molecule has 2 saturated heterocycles. The molecule has 2 aliphatic heterocycles. The number of hydrogen-bond acceptors (Lipinski definition) is 4. The number of nitrogens with zero attached hydrogens (tertiary/aromatic N) is 3. The number of aromatic nitrogens is 3. The molecule has 3 heterocycles. The SMILES string of the molecule is C1CO[C@@H](c2nc(N3CCCC3)n[nH]2)C1. The minimum Gasteiger partial charge on any atom is -0.370 e. The molecule has 0 radical (unpaired) electrons. The number of H-pyrrole nitrogens is 1. The molecule has 0 aliphatic carbocycles. The molecule has 0 spiro atoms. The molecule has 5 nitrogen and oxygen atoms in total. The van der Waals surface area contributed by atoms with Gasteiger partial charge in [-0.2, -0.15) is 4.98 Å². The van der Waals surface area contributed by atoms with Crippen molar-refractivity contribution in [3.8, 4) is 0 Å². The fraction of sp³-hybridized carbons (Fsp3) is 0.800. The van der Waals surface area contributed by atoms with Crippen LogP contribution in [0.25, 0.3) is 0 Å². The smallest absolute Gasteiger partial charge is 0.244 e. The summed E-state index contributed by atoms with van der Waals surface area (Å²) in [6.07, 6.45) is 4.85. The molecule has 2 aliphatic rings. The summed E-state index contributed by atoms with van der Waals surface area (Å²) in [5.74, 6) is 1.74. The summed E-state index contributed by atoms with van der Waals surface area (Å²) < 4.78 is 5.56. The minimum absolute atomic E-state index is 0.147. The van der Waals surface area contributed by atoms with Gasteiger partial charge in [-0.15, -0.1) is 5.10 Å². The van der Waals surface area contributed by atoms with E-state index >= 15 is 0 Å². The molecule has 3 rings (SSSR count). The molecule has 5 heteroatoms. The van der Waals surface area contributed by atoms with Gasteiger partial charge in [0.25, 0.3) is 0 Å². The Balaban J connectivity index is 1.74. The van der Waals surface area contributed by atoms with Crippen molar-refractivity contribution in [2.24, 2.45) is 0 Å². The van der Waals surface area contributed by atoms with Crippen molar-refractivity contribution in [3.63, 3.8) is 0 Å². The van der Waals surface area contributed by atoms with E-state index in [0.29, 0.717) is 0 Å². The summed E-state index contributed by atoms with van der Waals surface area (Å²) in [5.41, 5.74) is 0. The van der Waals surface area contributed by atoms with E-state index in [9.17, 15) is 0 Å². The average Bonchev–Trinajstić information content (AvgIpc) is 3.02. The zero-order chi connectivity index (χ0) is 10.1. The van der Waals surface area contributed by atoms with Crippen molar-refractivity contribution < 1.29 is 4.74 Å². The van der Waals surface area contributed by atoms with Gasteiger partial charge in [0.05, 0.1) is 0 Å². The Kier molecular flexibility index (Phi) is 2.32. The van der Waals surface area contributed by atoms with Gasteiger partial charge in [-0.05, 0) is 25.7 Å². The van der Waals surface area contributed by atoms with Crippen molar-refractivity contribution in [1.82, 2.24) is 15.2 Å². The van der Waals surface area contributed by atoms with Gasteiger partial charge >= 0.3 is 0 Å². The third kappa shape index (κ3) is 1.71. The third-order valence-corrected chi connectivity index (χ3v) is 3.11. The molecular formula is C10H16N4O. The Bertz CT molecular complexity index is 295. The molecule has 0 unspecified atom stereocenters. The summed E-state index contributed by atoms with van der Waals surface area (Å²) >= 11 is 0. The topological polar surface area (TPSA) is 54.0 Å². The fourth-order valence-electron chi connectivity index (χ4n) is 2.26. The lowest BCUT2D eigenvalue weighted by Crippen LogP contribution is -2.19. The molecule has 0 amide bonds. The third-order valence-electron chi connectivity index (χ3n) is 3.11. The van der Waals surface area contributed by atoms with E-state index in [1.165, 1.54) is 12.8 Å². The zero-order valence-corrected chi connectivity index (χ0v) is 8.78. The number of hydrogen-bond donors (Lipinski definition) is 1. The number of anilines is 1. The van der Waals surface area contributed by atoms with E-state index in [1.54, 1.807) is 0 Å². The monoisotopic (exact) mass is 208 g/mol. The number of rotatable bonds is 2. The van der Waals surface area contributed by atoms with E-state index in [4.69, 9.17) is 4.74 Å². The number of aromatic amines is 1. The molecule has 15 heavy (non-hydrogen) atoms. The first-order chi connectivity index (χ1) is 7.43. The summed E-state index contributed by atoms with van der Waals surface area (Å²) in [7, 11) is 0. The maximum Gasteiger partial charge on any atom is 0.244 e. The number of nitrogens with one attached hydrogen (secondary N) is 1. The van der Waals surface area contributed by atoms with Crippen molar-refractivity contribution >= 4 is 5.95 Å². The van der Waals surface area contributed by atoms with E-state index < -0.39 is 0 Å². The lowest BCUT2D eigenvalue weighted by atomic mass is 10.2. The van der Waals surface area contributed by atoms with Gasteiger partial charge in [-0.1, -0.05) is 0 Å². The Labute approximate surface area is 88.8 Å². The van der Waals surface area contributed by atoms with Crippen molar-refractivity contribution in [2.75, 3.05) is 24.6 Å². The largest absolute Gasteiger partial charge is 0.370 e. The fourth-order valence-corrected chi connectivity index (χ4v) is 2.26. The quantitative estimate of drug-likeness (QED) is 0.795. The van der Waals surface area contributed by atoms with Crippen LogP contribution in [0.2, 0.25) is 0 Å². The standard InChI is InChI=1S/C10H16N4O/c1-2-6-14(5-1)10-11-9(12-13-10)8-4-3-7-15-8/h8H,1-7H2,(H,11,12,13)/t8-/m1/s1. The van der Waals surface area contributed by atoms with Gasteiger partial charge in [0.2, 0.25) is 5.95 Å². The zero-order valence-electron chi connectivity index (χ0n) is 8.78. The van der Waals surface area contributed by atoms with Crippen LogP contribution in [0.4, 0.5) is 5.95 Å². The molecule has 0 aromatic carbocycles. The second kappa shape index (κ2) is 3.81. The molecule has 2 fully saturated rings. The molecule has 1 aromatic heterocycles. The summed E-state index contributed by atoms with van der Waals surface area (Å²) in [6, 6.07) is 0. The Morgan fingerprint density at radius 1 is 1.27 bits per heavy atom. The maximum absolute atomic E-state index is 5.56. The van der Waals surface area contributed by atoms with Gasteiger partial charge in [0.1, 0.15) is 6.10 Å². The first-order valence-electron chi connectivity index (χ1n) is 5.72. The van der Waals surface area contributed by atoms with Crippen LogP contribution in [0.15, 0.2) is 0 Å². The maximum atomic E-state index is 5.56. The van der Waals surface area contributed by atoms with Crippen LogP contribution in [-0.2, 0) is 4.74 Å². The molecule has 1 N–H and O–H groups in total. The normalized spacial score (nSPS) is 26.4. The predicted octanol–water partition coefficient (Wildman–Crippen LogP) is 1.26. The van der Waals surface area contributed by atoms with E-state index in [-0.39, 0.29) is 6.10 Å². The van der Waals surface area contributed by atoms with Crippen LogP contribution in [-0.4, -0.2) is 34.9 Å². The molecule has 1 aromatic rings. The van der Waals surface area contributed by atoms with Crippen molar-refractivity contribution in [3.05, 3.63) is 5.82 Å². The molecule has 0 saturated carbocycles. The highest BCUT2D eigenvalue weighted by atomic mass is 16.5. The lowest BCUT2D eigenvalue weighted by Gasteiger charge is -2.11. The van der Waals surface area contributed by atoms with Crippen LogP contribution in [0.5, 0.6) is 0 Å². The summed E-state index contributed by atoms with van der Waals surface area (Å²) in [6.45, 7) is 3.02. The van der Waals surface area contributed by atoms with Crippen LogP contribution < -0.4 is 4.90 Å². The van der Waals surface area contributed by atoms with Crippen LogP contribution in [0.1, 0.15) is 37.6 Å². The molecular weight excluding hydrogens is 192 g/mol. The second-order valence-electron chi connectivity index (χ2n) is 4.22. The van der Waals surface area contributed by atoms with Crippen LogP contribution in [0.3, 0.4) is 0 Å². The average molecular weight is 208 g/mol. The first kappa shape index (κ1) is 9.15. The molecule has 82 valence electrons. The van der Waals surface area contributed by atoms with Gasteiger partial charge in [0, 0.05) is 19.7 Å². The number of ether oxygens (including phenoxy) is 1. The highest BCUT2D eigenvalue weighted by Gasteiger charge is 2.23. The Morgan fingerprint density at radius 2 is 2.13 bits per heavy atom. The van der Waals surface area contributed by atoms with E-state index in [2.05, 4.69) is 20.1 Å².